The molecule has 0 aromatic carbocycles. The first-order valence-corrected chi connectivity index (χ1v) is 8.22. The van der Waals surface area contributed by atoms with Gasteiger partial charge in [0.2, 0.25) is 5.88 Å². The van der Waals surface area contributed by atoms with Crippen molar-refractivity contribution in [1.82, 2.24) is 19.7 Å². The van der Waals surface area contributed by atoms with Crippen LogP contribution in [-0.4, -0.2) is 57.0 Å². The van der Waals surface area contributed by atoms with Crippen LogP contribution in [0.25, 0.3) is 0 Å². The number of likely N-dealkylation sites (tertiary alicyclic amines) is 1. The summed E-state index contributed by atoms with van der Waals surface area (Å²) in [5.41, 5.74) is 0.602. The van der Waals surface area contributed by atoms with Gasteiger partial charge in [0.15, 0.2) is 0 Å². The van der Waals surface area contributed by atoms with Crippen molar-refractivity contribution in [1.29, 1.82) is 0 Å². The maximum Gasteiger partial charge on any atom is 0.272 e. The number of carbonyl (C=O) groups excluding carboxylic acids is 1. The Balaban J connectivity index is 1.51. The third-order valence-corrected chi connectivity index (χ3v) is 4.74. The van der Waals surface area contributed by atoms with E-state index in [4.69, 9.17) is 9.47 Å². The fourth-order valence-corrected chi connectivity index (χ4v) is 3.57. The van der Waals surface area contributed by atoms with Crippen LogP contribution in [0.1, 0.15) is 23.3 Å². The minimum atomic E-state index is -0.113. The molecule has 0 saturated carbocycles. The van der Waals surface area contributed by atoms with Gasteiger partial charge in [-0.25, -0.2) is 4.98 Å². The molecule has 0 bridgehead atoms. The SMILES string of the molecule is Cn1nccc1C(=O)N1CC[C@@H](Oc2ccccn2)[C@H]2OCC[C@@H]21. The molecule has 4 rings (SSSR count). The zero-order chi connectivity index (χ0) is 16.5. The molecule has 2 aliphatic heterocycles. The maximum atomic E-state index is 12.8. The van der Waals surface area contributed by atoms with E-state index in [-0.39, 0.29) is 24.2 Å². The van der Waals surface area contributed by atoms with Crippen LogP contribution in [0.4, 0.5) is 0 Å². The minimum Gasteiger partial charge on any atom is -0.471 e. The van der Waals surface area contributed by atoms with Gasteiger partial charge in [-0.15, -0.1) is 0 Å². The van der Waals surface area contributed by atoms with E-state index in [0.717, 1.165) is 12.8 Å². The number of carbonyl (C=O) groups is 1. The Kier molecular flexibility index (Phi) is 3.93. The van der Waals surface area contributed by atoms with Gasteiger partial charge in [-0.05, 0) is 18.6 Å². The van der Waals surface area contributed by atoms with E-state index in [2.05, 4.69) is 10.1 Å². The summed E-state index contributed by atoms with van der Waals surface area (Å²) in [4.78, 5) is 19.0. The highest BCUT2D eigenvalue weighted by Gasteiger charge is 2.45. The second-order valence-corrected chi connectivity index (χ2v) is 6.14. The molecular formula is C17H20N4O3. The molecular weight excluding hydrogens is 308 g/mol. The summed E-state index contributed by atoms with van der Waals surface area (Å²) in [6, 6.07) is 7.39. The molecule has 126 valence electrons. The Morgan fingerprint density at radius 1 is 1.29 bits per heavy atom. The van der Waals surface area contributed by atoms with Crippen LogP contribution in [0.2, 0.25) is 0 Å². The topological polar surface area (TPSA) is 69.5 Å². The molecule has 0 spiro atoms. The number of hydrogen-bond donors (Lipinski definition) is 0. The molecule has 24 heavy (non-hydrogen) atoms. The summed E-state index contributed by atoms with van der Waals surface area (Å²) in [6.07, 6.45) is 4.72. The van der Waals surface area contributed by atoms with Gasteiger partial charge in [-0.1, -0.05) is 6.07 Å². The molecule has 2 aromatic rings. The van der Waals surface area contributed by atoms with E-state index in [1.165, 1.54) is 0 Å². The molecule has 2 fully saturated rings. The molecule has 2 aromatic heterocycles. The first-order chi connectivity index (χ1) is 11.7. The van der Waals surface area contributed by atoms with E-state index in [1.54, 1.807) is 30.2 Å². The van der Waals surface area contributed by atoms with Crippen LogP contribution in [0.3, 0.4) is 0 Å². The number of rotatable bonds is 3. The highest BCUT2D eigenvalue weighted by Crippen LogP contribution is 2.31. The lowest BCUT2D eigenvalue weighted by Gasteiger charge is -2.40. The van der Waals surface area contributed by atoms with E-state index < -0.39 is 0 Å². The van der Waals surface area contributed by atoms with Gasteiger partial charge in [-0.3, -0.25) is 9.48 Å². The van der Waals surface area contributed by atoms with Crippen LogP contribution >= 0.6 is 0 Å². The van der Waals surface area contributed by atoms with E-state index in [0.29, 0.717) is 24.7 Å². The Hall–Kier alpha value is -2.41. The van der Waals surface area contributed by atoms with Crippen molar-refractivity contribution in [2.24, 2.45) is 7.05 Å². The second kappa shape index (κ2) is 6.24. The molecule has 7 nitrogen and oxygen atoms in total. The summed E-state index contributed by atoms with van der Waals surface area (Å²) < 4.78 is 13.5. The van der Waals surface area contributed by atoms with Crippen molar-refractivity contribution in [3.8, 4) is 5.88 Å². The summed E-state index contributed by atoms with van der Waals surface area (Å²) in [6.45, 7) is 1.29. The zero-order valence-electron chi connectivity index (χ0n) is 13.5. The lowest BCUT2D eigenvalue weighted by Crippen LogP contribution is -2.56. The fourth-order valence-electron chi connectivity index (χ4n) is 3.57. The third kappa shape index (κ3) is 2.65. The molecule has 0 radical (unpaired) electrons. The van der Waals surface area contributed by atoms with E-state index >= 15 is 0 Å². The van der Waals surface area contributed by atoms with Crippen LogP contribution in [0, 0.1) is 0 Å². The number of amides is 1. The normalized spacial score (nSPS) is 26.2. The van der Waals surface area contributed by atoms with Gasteiger partial charge in [0, 0.05) is 45.1 Å². The zero-order valence-corrected chi connectivity index (χ0v) is 13.5. The lowest BCUT2D eigenvalue weighted by atomic mass is 9.95. The van der Waals surface area contributed by atoms with Gasteiger partial charge in [0.05, 0.1) is 6.04 Å². The number of pyridine rings is 1. The van der Waals surface area contributed by atoms with E-state index in [1.807, 2.05) is 23.1 Å². The Morgan fingerprint density at radius 3 is 2.96 bits per heavy atom. The molecule has 0 N–H and O–H groups in total. The highest BCUT2D eigenvalue weighted by molar-refractivity contribution is 5.92. The first kappa shape index (κ1) is 15.1. The number of piperidine rings is 1. The van der Waals surface area contributed by atoms with Crippen molar-refractivity contribution >= 4 is 5.91 Å². The number of hydrogen-bond acceptors (Lipinski definition) is 5. The molecule has 2 saturated heterocycles. The Morgan fingerprint density at radius 2 is 2.21 bits per heavy atom. The Labute approximate surface area is 140 Å². The maximum absolute atomic E-state index is 12.8. The monoisotopic (exact) mass is 328 g/mol. The van der Waals surface area contributed by atoms with Crippen molar-refractivity contribution in [3.63, 3.8) is 0 Å². The molecule has 2 aliphatic rings. The number of ether oxygens (including phenoxy) is 2. The number of fused-ring (bicyclic) bond motifs is 1. The standard InChI is InChI=1S/C17H20N4O3/c1-20-13(5-9-19-20)17(22)21-10-6-14(16-12(21)7-11-23-16)24-15-4-2-3-8-18-15/h2-5,8-9,12,14,16H,6-7,10-11H2,1H3/t12-,14+,16-/m0/s1. The van der Waals surface area contributed by atoms with Crippen molar-refractivity contribution < 1.29 is 14.3 Å². The average molecular weight is 328 g/mol. The summed E-state index contributed by atoms with van der Waals surface area (Å²) in [5, 5.41) is 4.09. The predicted molar refractivity (Wildman–Crippen MR) is 85.7 cm³/mol. The van der Waals surface area contributed by atoms with Crippen LogP contribution in [0.5, 0.6) is 5.88 Å². The number of nitrogens with zero attached hydrogens (tertiary/aromatic N) is 4. The van der Waals surface area contributed by atoms with Crippen molar-refractivity contribution in [3.05, 3.63) is 42.4 Å². The molecule has 0 unspecified atom stereocenters. The van der Waals surface area contributed by atoms with Crippen LogP contribution in [0.15, 0.2) is 36.7 Å². The van der Waals surface area contributed by atoms with E-state index in [9.17, 15) is 4.79 Å². The molecule has 0 aliphatic carbocycles. The highest BCUT2D eigenvalue weighted by atomic mass is 16.5. The second-order valence-electron chi connectivity index (χ2n) is 6.14. The Bertz CT molecular complexity index is 718. The van der Waals surface area contributed by atoms with Crippen molar-refractivity contribution in [2.45, 2.75) is 31.1 Å². The van der Waals surface area contributed by atoms with Gasteiger partial charge >= 0.3 is 0 Å². The average Bonchev–Trinajstić information content (AvgIpc) is 3.25. The molecule has 1 amide bonds. The van der Waals surface area contributed by atoms with Gasteiger partial charge in [0.1, 0.15) is 17.9 Å². The third-order valence-electron chi connectivity index (χ3n) is 4.74. The molecule has 3 atom stereocenters. The van der Waals surface area contributed by atoms with Gasteiger partial charge < -0.3 is 14.4 Å². The van der Waals surface area contributed by atoms with Crippen molar-refractivity contribution in [2.75, 3.05) is 13.2 Å². The fraction of sp³-hybridized carbons (Fsp3) is 0.471. The summed E-state index contributed by atoms with van der Waals surface area (Å²) in [5.74, 6) is 0.606. The molecule has 7 heteroatoms. The number of aromatic nitrogens is 3. The minimum absolute atomic E-state index is 0.00628. The summed E-state index contributed by atoms with van der Waals surface area (Å²) >= 11 is 0. The molecule has 4 heterocycles. The van der Waals surface area contributed by atoms with Crippen LogP contribution < -0.4 is 4.74 Å². The lowest BCUT2D eigenvalue weighted by molar-refractivity contribution is -0.0478. The predicted octanol–water partition coefficient (Wildman–Crippen LogP) is 1.27. The first-order valence-electron chi connectivity index (χ1n) is 8.22. The number of aryl methyl sites for hydroxylation is 1. The quantitative estimate of drug-likeness (QED) is 0.848. The summed E-state index contributed by atoms with van der Waals surface area (Å²) in [7, 11) is 1.78. The smallest absolute Gasteiger partial charge is 0.272 e. The van der Waals surface area contributed by atoms with Gasteiger partial charge in [-0.2, -0.15) is 5.10 Å². The van der Waals surface area contributed by atoms with Crippen LogP contribution in [-0.2, 0) is 11.8 Å². The van der Waals surface area contributed by atoms with Gasteiger partial charge in [0.25, 0.3) is 5.91 Å². The largest absolute Gasteiger partial charge is 0.471 e.